The molecular formula is C16H25N. The van der Waals surface area contributed by atoms with Crippen molar-refractivity contribution in [2.24, 2.45) is 10.8 Å². The lowest BCUT2D eigenvalue weighted by atomic mass is 10.0. The van der Waals surface area contributed by atoms with Crippen LogP contribution in [-0.2, 0) is 13.0 Å². The predicted molar refractivity (Wildman–Crippen MR) is 74.0 cm³/mol. The minimum atomic E-state index is 0.425. The molecule has 1 nitrogen and oxygen atoms in total. The van der Waals surface area contributed by atoms with Crippen molar-refractivity contribution in [3.05, 3.63) is 35.4 Å². The van der Waals surface area contributed by atoms with Crippen LogP contribution in [0.3, 0.4) is 0 Å². The van der Waals surface area contributed by atoms with Crippen molar-refractivity contribution < 1.29 is 0 Å². The molecule has 1 aliphatic carbocycles. The minimum absolute atomic E-state index is 0.425. The summed E-state index contributed by atoms with van der Waals surface area (Å²) in [4.78, 5) is 0. The quantitative estimate of drug-likeness (QED) is 0.831. The van der Waals surface area contributed by atoms with Crippen molar-refractivity contribution in [2.75, 3.05) is 0 Å². The number of hydrogen-bond donors (Lipinski definition) is 1. The van der Waals surface area contributed by atoms with Crippen LogP contribution in [0.15, 0.2) is 24.3 Å². The minimum Gasteiger partial charge on any atom is -0.309 e. The molecule has 1 aliphatic rings. The molecule has 1 aromatic carbocycles. The summed E-state index contributed by atoms with van der Waals surface area (Å²) in [6.45, 7) is 12.7. The molecule has 0 radical (unpaired) electrons. The van der Waals surface area contributed by atoms with Crippen LogP contribution < -0.4 is 5.32 Å². The summed E-state index contributed by atoms with van der Waals surface area (Å²) < 4.78 is 0. The number of rotatable bonds is 4. The van der Waals surface area contributed by atoms with Crippen LogP contribution in [0.4, 0.5) is 0 Å². The van der Waals surface area contributed by atoms with Crippen LogP contribution in [0, 0.1) is 10.8 Å². The van der Waals surface area contributed by atoms with Crippen LogP contribution in [0.25, 0.3) is 0 Å². The molecule has 1 N–H and O–H groups in total. The van der Waals surface area contributed by atoms with Gasteiger partial charge in [-0.3, -0.25) is 0 Å². The third kappa shape index (κ3) is 2.01. The van der Waals surface area contributed by atoms with Gasteiger partial charge in [0.2, 0.25) is 0 Å². The Balaban J connectivity index is 2.00. The van der Waals surface area contributed by atoms with Gasteiger partial charge in [0.15, 0.2) is 0 Å². The predicted octanol–water partition coefficient (Wildman–Crippen LogP) is 3.77. The zero-order valence-electron chi connectivity index (χ0n) is 11.8. The fourth-order valence-corrected chi connectivity index (χ4v) is 2.99. The number of benzene rings is 1. The van der Waals surface area contributed by atoms with Gasteiger partial charge >= 0.3 is 0 Å². The first kappa shape index (κ1) is 12.6. The van der Waals surface area contributed by atoms with Gasteiger partial charge in [-0.25, -0.2) is 0 Å². The van der Waals surface area contributed by atoms with Crippen LogP contribution in [-0.4, -0.2) is 6.04 Å². The number of nitrogens with one attached hydrogen (secondary N) is 1. The van der Waals surface area contributed by atoms with Gasteiger partial charge in [-0.05, 0) is 28.4 Å². The molecular weight excluding hydrogens is 206 g/mol. The average molecular weight is 231 g/mol. The Bertz CT molecular complexity index is 390. The van der Waals surface area contributed by atoms with Crippen LogP contribution in [0.1, 0.15) is 45.7 Å². The van der Waals surface area contributed by atoms with E-state index in [-0.39, 0.29) is 0 Å². The first-order chi connectivity index (χ1) is 7.91. The summed E-state index contributed by atoms with van der Waals surface area (Å²) in [6, 6.07) is 9.39. The highest BCUT2D eigenvalue weighted by molar-refractivity contribution is 5.28. The summed E-state index contributed by atoms with van der Waals surface area (Å²) in [5.41, 5.74) is 3.77. The fourth-order valence-electron chi connectivity index (χ4n) is 2.99. The molecule has 94 valence electrons. The van der Waals surface area contributed by atoms with E-state index in [0.717, 1.165) is 13.0 Å². The van der Waals surface area contributed by atoms with Crippen LogP contribution in [0.5, 0.6) is 0 Å². The molecule has 0 atom stereocenters. The van der Waals surface area contributed by atoms with E-state index >= 15 is 0 Å². The third-order valence-corrected chi connectivity index (χ3v) is 5.02. The normalized spacial score (nSPS) is 21.5. The highest BCUT2D eigenvalue weighted by Gasteiger charge is 2.64. The van der Waals surface area contributed by atoms with E-state index in [1.165, 1.54) is 11.1 Å². The van der Waals surface area contributed by atoms with E-state index in [1.54, 1.807) is 0 Å². The number of hydrogen-bond acceptors (Lipinski definition) is 1. The smallest absolute Gasteiger partial charge is 0.0211 e. The Morgan fingerprint density at radius 1 is 1.00 bits per heavy atom. The Kier molecular flexibility index (Phi) is 3.07. The summed E-state index contributed by atoms with van der Waals surface area (Å²) >= 11 is 0. The molecule has 0 heterocycles. The largest absolute Gasteiger partial charge is 0.309 e. The maximum Gasteiger partial charge on any atom is 0.0211 e. The van der Waals surface area contributed by atoms with Gasteiger partial charge in [0, 0.05) is 12.6 Å². The second-order valence-electron chi connectivity index (χ2n) is 6.38. The van der Waals surface area contributed by atoms with E-state index in [2.05, 4.69) is 64.2 Å². The van der Waals surface area contributed by atoms with Gasteiger partial charge < -0.3 is 5.32 Å². The maximum absolute atomic E-state index is 3.73. The highest BCUT2D eigenvalue weighted by atomic mass is 15.0. The molecule has 2 rings (SSSR count). The molecule has 1 aromatic rings. The summed E-state index contributed by atoms with van der Waals surface area (Å²) in [5.74, 6) is 0. The Morgan fingerprint density at radius 3 is 2.00 bits per heavy atom. The Morgan fingerprint density at radius 2 is 1.53 bits per heavy atom. The van der Waals surface area contributed by atoms with Gasteiger partial charge in [0.05, 0.1) is 0 Å². The average Bonchev–Trinajstić information content (AvgIpc) is 2.67. The van der Waals surface area contributed by atoms with Crippen molar-refractivity contribution in [3.8, 4) is 0 Å². The van der Waals surface area contributed by atoms with Crippen molar-refractivity contribution in [2.45, 2.75) is 53.6 Å². The summed E-state index contributed by atoms with van der Waals surface area (Å²) in [5, 5.41) is 3.73. The van der Waals surface area contributed by atoms with Crippen molar-refractivity contribution in [1.82, 2.24) is 5.32 Å². The van der Waals surface area contributed by atoms with Gasteiger partial charge in [0.25, 0.3) is 0 Å². The van der Waals surface area contributed by atoms with Crippen LogP contribution >= 0.6 is 0 Å². The molecule has 0 amide bonds. The topological polar surface area (TPSA) is 12.0 Å². The molecule has 0 aromatic heterocycles. The molecule has 0 unspecified atom stereocenters. The van der Waals surface area contributed by atoms with Gasteiger partial charge in [-0.15, -0.1) is 0 Å². The Hall–Kier alpha value is -0.820. The second-order valence-corrected chi connectivity index (χ2v) is 6.38. The maximum atomic E-state index is 3.73. The van der Waals surface area contributed by atoms with Crippen molar-refractivity contribution in [3.63, 3.8) is 0 Å². The molecule has 1 fully saturated rings. The Labute approximate surface area is 106 Å². The second kappa shape index (κ2) is 4.13. The molecule has 0 saturated heterocycles. The fraction of sp³-hybridized carbons (Fsp3) is 0.625. The third-order valence-electron chi connectivity index (χ3n) is 5.02. The van der Waals surface area contributed by atoms with E-state index < -0.39 is 0 Å². The summed E-state index contributed by atoms with van der Waals surface area (Å²) in [6.07, 6.45) is 1.12. The van der Waals surface area contributed by atoms with Crippen molar-refractivity contribution in [1.29, 1.82) is 0 Å². The molecule has 0 aliphatic heterocycles. The van der Waals surface area contributed by atoms with Crippen LogP contribution in [0.2, 0.25) is 0 Å². The zero-order valence-corrected chi connectivity index (χ0v) is 11.8. The first-order valence-electron chi connectivity index (χ1n) is 6.71. The first-order valence-corrected chi connectivity index (χ1v) is 6.71. The molecule has 1 saturated carbocycles. The standard InChI is InChI=1S/C16H25N/c1-6-12-9-7-8-10-13(12)11-17-14-15(2,3)16(14,4)5/h7-10,14,17H,6,11H2,1-5H3. The van der Waals surface area contributed by atoms with E-state index in [9.17, 15) is 0 Å². The molecule has 0 spiro atoms. The summed E-state index contributed by atoms with van der Waals surface area (Å²) in [7, 11) is 0. The molecule has 0 bridgehead atoms. The monoisotopic (exact) mass is 231 g/mol. The lowest BCUT2D eigenvalue weighted by Crippen LogP contribution is -2.22. The van der Waals surface area contributed by atoms with E-state index in [0.29, 0.717) is 16.9 Å². The lowest BCUT2D eigenvalue weighted by Gasteiger charge is -2.10. The SMILES string of the molecule is CCc1ccccc1CNC1C(C)(C)C1(C)C. The molecule has 17 heavy (non-hydrogen) atoms. The van der Waals surface area contributed by atoms with Crippen molar-refractivity contribution >= 4 is 0 Å². The van der Waals surface area contributed by atoms with E-state index in [1.807, 2.05) is 0 Å². The van der Waals surface area contributed by atoms with E-state index in [4.69, 9.17) is 0 Å². The lowest BCUT2D eigenvalue weighted by molar-refractivity contribution is 0.457. The van der Waals surface area contributed by atoms with Gasteiger partial charge in [0.1, 0.15) is 0 Å². The molecule has 1 heteroatoms. The highest BCUT2D eigenvalue weighted by Crippen LogP contribution is 2.62. The van der Waals surface area contributed by atoms with Gasteiger partial charge in [-0.1, -0.05) is 58.9 Å². The zero-order chi connectivity index (χ0) is 12.7. The number of aryl methyl sites for hydroxylation is 1. The van der Waals surface area contributed by atoms with Gasteiger partial charge in [-0.2, -0.15) is 0 Å².